The smallest absolute Gasteiger partial charge is 0.195 e. The second-order valence-corrected chi connectivity index (χ2v) is 4.56. The molecule has 3 unspecified atom stereocenters. The van der Waals surface area contributed by atoms with Crippen LogP contribution in [0.25, 0.3) is 0 Å². The average molecular weight is 190 g/mol. The van der Waals surface area contributed by atoms with Gasteiger partial charge in [-0.3, -0.25) is 0 Å². The van der Waals surface area contributed by atoms with Gasteiger partial charge in [0.15, 0.2) is 0 Å². The SMILES string of the molecule is FC(F)(S)CC1CC2C=CC1C2. The Morgan fingerprint density at radius 2 is 2.08 bits per heavy atom. The van der Waals surface area contributed by atoms with Gasteiger partial charge in [0, 0.05) is 6.42 Å². The summed E-state index contributed by atoms with van der Waals surface area (Å²) in [5.74, 6) is 1.16. The van der Waals surface area contributed by atoms with Crippen LogP contribution in [0.3, 0.4) is 0 Å². The maximum absolute atomic E-state index is 12.5. The molecule has 68 valence electrons. The molecule has 3 heteroatoms. The van der Waals surface area contributed by atoms with Crippen LogP contribution in [-0.4, -0.2) is 5.25 Å². The van der Waals surface area contributed by atoms with Gasteiger partial charge in [0.1, 0.15) is 0 Å². The third-order valence-corrected chi connectivity index (χ3v) is 3.11. The van der Waals surface area contributed by atoms with E-state index in [1.165, 1.54) is 0 Å². The van der Waals surface area contributed by atoms with Crippen LogP contribution in [0.4, 0.5) is 8.78 Å². The first kappa shape index (κ1) is 8.54. The van der Waals surface area contributed by atoms with Crippen molar-refractivity contribution in [1.82, 2.24) is 0 Å². The highest BCUT2D eigenvalue weighted by atomic mass is 32.1. The minimum Gasteiger partial charge on any atom is -0.195 e. The summed E-state index contributed by atoms with van der Waals surface area (Å²) in [7, 11) is 0. The Hall–Kier alpha value is -0.0500. The van der Waals surface area contributed by atoms with Crippen molar-refractivity contribution in [3.05, 3.63) is 12.2 Å². The standard InChI is InChI=1S/C9H12F2S/c10-9(11,12)5-8-4-6-1-2-7(8)3-6/h1-2,6-8,12H,3-5H2. The van der Waals surface area contributed by atoms with E-state index in [-0.39, 0.29) is 12.3 Å². The van der Waals surface area contributed by atoms with Gasteiger partial charge < -0.3 is 0 Å². The van der Waals surface area contributed by atoms with Crippen LogP contribution in [0.15, 0.2) is 12.2 Å². The number of rotatable bonds is 2. The lowest BCUT2D eigenvalue weighted by molar-refractivity contribution is 0.0721. The molecular weight excluding hydrogens is 178 g/mol. The zero-order chi connectivity index (χ0) is 8.77. The summed E-state index contributed by atoms with van der Waals surface area (Å²) in [6.45, 7) is 0. The minimum absolute atomic E-state index is 0.0540. The average Bonchev–Trinajstić information content (AvgIpc) is 2.42. The summed E-state index contributed by atoms with van der Waals surface area (Å²) in [5.41, 5.74) is 0. The van der Waals surface area contributed by atoms with Crippen molar-refractivity contribution in [2.24, 2.45) is 17.8 Å². The lowest BCUT2D eigenvalue weighted by Gasteiger charge is -2.20. The third kappa shape index (κ3) is 1.65. The van der Waals surface area contributed by atoms with E-state index in [4.69, 9.17) is 0 Å². The molecule has 0 aromatic rings. The van der Waals surface area contributed by atoms with Crippen molar-refractivity contribution < 1.29 is 8.78 Å². The van der Waals surface area contributed by atoms with Crippen molar-refractivity contribution in [1.29, 1.82) is 0 Å². The van der Waals surface area contributed by atoms with Crippen LogP contribution in [0.1, 0.15) is 19.3 Å². The van der Waals surface area contributed by atoms with E-state index in [1.54, 1.807) is 0 Å². The van der Waals surface area contributed by atoms with Crippen molar-refractivity contribution in [2.75, 3.05) is 0 Å². The summed E-state index contributed by atoms with van der Waals surface area (Å²) in [4.78, 5) is 0. The number of fused-ring (bicyclic) bond motifs is 2. The van der Waals surface area contributed by atoms with Gasteiger partial charge in [-0.15, -0.1) is 12.6 Å². The predicted molar refractivity (Wildman–Crippen MR) is 47.4 cm³/mol. The molecule has 3 atom stereocenters. The molecule has 1 saturated carbocycles. The first-order valence-electron chi connectivity index (χ1n) is 4.33. The number of hydrogen-bond acceptors (Lipinski definition) is 1. The van der Waals surface area contributed by atoms with Crippen molar-refractivity contribution in [2.45, 2.75) is 24.5 Å². The van der Waals surface area contributed by atoms with Gasteiger partial charge >= 0.3 is 0 Å². The highest BCUT2D eigenvalue weighted by molar-refractivity contribution is 7.81. The van der Waals surface area contributed by atoms with Gasteiger partial charge in [0.25, 0.3) is 5.25 Å². The topological polar surface area (TPSA) is 0 Å². The first-order chi connectivity index (χ1) is 5.54. The molecule has 0 nitrogen and oxygen atoms in total. The second-order valence-electron chi connectivity index (χ2n) is 3.91. The molecule has 2 aliphatic carbocycles. The molecule has 0 radical (unpaired) electrons. The number of hydrogen-bond donors (Lipinski definition) is 1. The Bertz CT molecular complexity index is 207. The third-order valence-electron chi connectivity index (χ3n) is 2.92. The zero-order valence-electron chi connectivity index (χ0n) is 6.71. The van der Waals surface area contributed by atoms with Crippen LogP contribution in [-0.2, 0) is 0 Å². The van der Waals surface area contributed by atoms with Gasteiger partial charge in [0.2, 0.25) is 0 Å². The van der Waals surface area contributed by atoms with Gasteiger partial charge in [-0.2, -0.15) is 8.78 Å². The van der Waals surface area contributed by atoms with Crippen LogP contribution in [0.5, 0.6) is 0 Å². The van der Waals surface area contributed by atoms with E-state index in [1.807, 2.05) is 0 Å². The normalized spacial score (nSPS) is 39.4. The fraction of sp³-hybridized carbons (Fsp3) is 0.778. The summed E-state index contributed by atoms with van der Waals surface area (Å²) in [6, 6.07) is 0. The fourth-order valence-corrected chi connectivity index (χ4v) is 2.68. The Morgan fingerprint density at radius 3 is 2.50 bits per heavy atom. The first-order valence-corrected chi connectivity index (χ1v) is 4.78. The highest BCUT2D eigenvalue weighted by Gasteiger charge is 2.40. The second kappa shape index (κ2) is 2.72. The lowest BCUT2D eigenvalue weighted by Crippen LogP contribution is -2.17. The number of halogens is 2. The van der Waals surface area contributed by atoms with Gasteiger partial charge in [-0.25, -0.2) is 0 Å². The number of thiol groups is 1. The predicted octanol–water partition coefficient (Wildman–Crippen LogP) is 3.11. The van der Waals surface area contributed by atoms with E-state index < -0.39 is 5.25 Å². The molecule has 0 amide bonds. The molecule has 0 aromatic carbocycles. The van der Waals surface area contributed by atoms with E-state index >= 15 is 0 Å². The van der Waals surface area contributed by atoms with Crippen molar-refractivity contribution in [3.63, 3.8) is 0 Å². The van der Waals surface area contributed by atoms with E-state index in [9.17, 15) is 8.78 Å². The van der Waals surface area contributed by atoms with E-state index in [2.05, 4.69) is 24.8 Å². The van der Waals surface area contributed by atoms with Gasteiger partial charge in [-0.05, 0) is 30.6 Å². The maximum Gasteiger partial charge on any atom is 0.291 e. The van der Waals surface area contributed by atoms with Crippen LogP contribution in [0, 0.1) is 17.8 Å². The zero-order valence-corrected chi connectivity index (χ0v) is 7.61. The lowest BCUT2D eigenvalue weighted by atomic mass is 9.91. The molecule has 0 saturated heterocycles. The molecule has 0 N–H and O–H groups in total. The summed E-state index contributed by atoms with van der Waals surface area (Å²) in [6.07, 6.45) is 6.24. The fourth-order valence-electron chi connectivity index (χ4n) is 2.44. The van der Waals surface area contributed by atoms with Crippen molar-refractivity contribution in [3.8, 4) is 0 Å². The summed E-state index contributed by atoms with van der Waals surface area (Å²) < 4.78 is 25.1. The molecule has 2 rings (SSSR count). The minimum atomic E-state index is -2.77. The molecule has 1 fully saturated rings. The van der Waals surface area contributed by atoms with Crippen LogP contribution >= 0.6 is 12.6 Å². The maximum atomic E-state index is 12.5. The Kier molecular flexibility index (Phi) is 1.94. The molecule has 0 heterocycles. The molecule has 0 aromatic heterocycles. The van der Waals surface area contributed by atoms with E-state index in [0.717, 1.165) is 12.8 Å². The highest BCUT2D eigenvalue weighted by Crippen LogP contribution is 2.47. The Balaban J connectivity index is 1.96. The monoisotopic (exact) mass is 190 g/mol. The molecule has 2 aliphatic rings. The molecule has 2 bridgehead atoms. The largest absolute Gasteiger partial charge is 0.291 e. The Labute approximate surface area is 76.4 Å². The molecular formula is C9H12F2S. The quantitative estimate of drug-likeness (QED) is 0.502. The van der Waals surface area contributed by atoms with Crippen LogP contribution in [0.2, 0.25) is 0 Å². The Morgan fingerprint density at radius 1 is 1.33 bits per heavy atom. The molecule has 12 heavy (non-hydrogen) atoms. The van der Waals surface area contributed by atoms with E-state index in [0.29, 0.717) is 11.8 Å². The number of allylic oxidation sites excluding steroid dienone is 2. The van der Waals surface area contributed by atoms with Gasteiger partial charge in [0.05, 0.1) is 0 Å². The molecule has 0 spiro atoms. The summed E-state index contributed by atoms with van der Waals surface area (Å²) in [5, 5.41) is -2.77. The number of alkyl halides is 2. The van der Waals surface area contributed by atoms with Crippen LogP contribution < -0.4 is 0 Å². The van der Waals surface area contributed by atoms with Crippen molar-refractivity contribution >= 4 is 12.6 Å². The molecule has 0 aliphatic heterocycles. The summed E-state index contributed by atoms with van der Waals surface area (Å²) >= 11 is 3.27. The van der Waals surface area contributed by atoms with Gasteiger partial charge in [-0.1, -0.05) is 12.2 Å².